The average molecular weight is 411 g/mol. The lowest BCUT2D eigenvalue weighted by Crippen LogP contribution is -2.65. The fraction of sp³-hybridized carbons (Fsp3) is 0.520. The Kier molecular flexibility index (Phi) is 5.98. The van der Waals surface area contributed by atoms with E-state index >= 15 is 0 Å². The Morgan fingerprint density at radius 2 is 1.48 bits per heavy atom. The van der Waals surface area contributed by atoms with Gasteiger partial charge in [0.25, 0.3) is 0 Å². The lowest BCUT2D eigenvalue weighted by atomic mass is 9.74. The van der Waals surface area contributed by atoms with E-state index in [1.54, 1.807) is 0 Å². The van der Waals surface area contributed by atoms with Gasteiger partial charge in [-0.25, -0.2) is 0 Å². The first-order chi connectivity index (χ1) is 13.9. The van der Waals surface area contributed by atoms with Gasteiger partial charge in [0.1, 0.15) is 0 Å². The van der Waals surface area contributed by atoms with Crippen molar-refractivity contribution >= 4 is 18.9 Å². The van der Waals surface area contributed by atoms with Gasteiger partial charge in [-0.3, -0.25) is 0 Å². The highest BCUT2D eigenvalue weighted by atomic mass is 28.4. The number of rotatable bonds is 3. The summed E-state index contributed by atoms with van der Waals surface area (Å²) in [7, 11) is -2.83. The highest BCUT2D eigenvalue weighted by Gasteiger charge is 2.52. The SMILES string of the molecule is C[C@@H]1CCC[C@@H](C(C)(C)O)[C@H]2CCO[Si](c3ccccc3)(c3ccccc3)O[C@@H]21. The molecule has 2 fully saturated rings. The molecule has 1 heterocycles. The first-order valence-corrected chi connectivity index (χ1v) is 12.9. The zero-order valence-corrected chi connectivity index (χ0v) is 18.9. The van der Waals surface area contributed by atoms with Crippen LogP contribution in [-0.4, -0.2) is 32.0 Å². The van der Waals surface area contributed by atoms with E-state index in [4.69, 9.17) is 8.85 Å². The minimum Gasteiger partial charge on any atom is -0.390 e. The summed E-state index contributed by atoms with van der Waals surface area (Å²) in [4.78, 5) is 0. The second-order valence-electron chi connectivity index (χ2n) is 9.40. The fourth-order valence-corrected chi connectivity index (χ4v) is 8.95. The van der Waals surface area contributed by atoms with Crippen molar-refractivity contribution in [3.8, 4) is 0 Å². The topological polar surface area (TPSA) is 38.7 Å². The first kappa shape index (κ1) is 20.8. The van der Waals surface area contributed by atoms with Gasteiger partial charge in [-0.2, -0.15) is 0 Å². The van der Waals surface area contributed by atoms with Crippen LogP contribution in [0.15, 0.2) is 60.7 Å². The van der Waals surface area contributed by atoms with Crippen LogP contribution in [0.2, 0.25) is 0 Å². The maximum atomic E-state index is 11.0. The van der Waals surface area contributed by atoms with Gasteiger partial charge in [-0.1, -0.05) is 74.0 Å². The number of benzene rings is 2. The predicted octanol–water partition coefficient (Wildman–Crippen LogP) is 3.87. The van der Waals surface area contributed by atoms with Crippen molar-refractivity contribution in [2.24, 2.45) is 17.8 Å². The van der Waals surface area contributed by atoms with E-state index in [1.807, 2.05) is 13.8 Å². The van der Waals surface area contributed by atoms with E-state index in [2.05, 4.69) is 67.6 Å². The zero-order chi connectivity index (χ0) is 20.5. The van der Waals surface area contributed by atoms with Gasteiger partial charge in [0, 0.05) is 6.61 Å². The van der Waals surface area contributed by atoms with Crippen molar-refractivity contribution in [1.29, 1.82) is 0 Å². The van der Waals surface area contributed by atoms with Crippen LogP contribution >= 0.6 is 0 Å². The van der Waals surface area contributed by atoms with E-state index in [9.17, 15) is 5.11 Å². The molecule has 4 heteroatoms. The molecule has 2 aromatic rings. The lowest BCUT2D eigenvalue weighted by Gasteiger charge is -2.41. The highest BCUT2D eigenvalue weighted by Crippen LogP contribution is 2.43. The molecule has 0 amide bonds. The molecular formula is C25H34O3Si. The minimum absolute atomic E-state index is 0.100. The largest absolute Gasteiger partial charge is 0.407 e. The molecule has 1 aliphatic heterocycles. The van der Waals surface area contributed by atoms with Gasteiger partial charge in [0.2, 0.25) is 0 Å². The van der Waals surface area contributed by atoms with Crippen LogP contribution < -0.4 is 10.4 Å². The van der Waals surface area contributed by atoms with E-state index in [0.29, 0.717) is 18.4 Å². The summed E-state index contributed by atoms with van der Waals surface area (Å²) in [5.74, 6) is 1.00. The third-order valence-electron chi connectivity index (χ3n) is 6.95. The second-order valence-corrected chi connectivity index (χ2v) is 12.3. The first-order valence-electron chi connectivity index (χ1n) is 11.1. The van der Waals surface area contributed by atoms with E-state index < -0.39 is 14.2 Å². The third kappa shape index (κ3) is 4.09. The normalized spacial score (nSPS) is 30.1. The van der Waals surface area contributed by atoms with E-state index in [-0.39, 0.29) is 12.0 Å². The highest BCUT2D eigenvalue weighted by molar-refractivity contribution is 6.92. The van der Waals surface area contributed by atoms with Gasteiger partial charge in [-0.05, 0) is 61.2 Å². The van der Waals surface area contributed by atoms with Crippen LogP contribution in [0.5, 0.6) is 0 Å². The molecule has 2 aliphatic rings. The Labute approximate surface area is 176 Å². The summed E-state index contributed by atoms with van der Waals surface area (Å²) in [5.41, 5.74) is -0.704. The molecular weight excluding hydrogens is 376 g/mol. The fourth-order valence-electron chi connectivity index (χ4n) is 5.48. The van der Waals surface area contributed by atoms with Crippen molar-refractivity contribution in [2.75, 3.05) is 6.61 Å². The monoisotopic (exact) mass is 410 g/mol. The van der Waals surface area contributed by atoms with Crippen molar-refractivity contribution in [3.63, 3.8) is 0 Å². The molecule has 3 nitrogen and oxygen atoms in total. The Balaban J connectivity index is 1.81. The number of hydrogen-bond donors (Lipinski definition) is 1. The van der Waals surface area contributed by atoms with Gasteiger partial charge in [0.05, 0.1) is 11.7 Å². The molecule has 29 heavy (non-hydrogen) atoms. The van der Waals surface area contributed by atoms with Crippen molar-refractivity contribution < 1.29 is 14.0 Å². The van der Waals surface area contributed by atoms with Crippen molar-refractivity contribution in [2.45, 2.75) is 58.2 Å². The van der Waals surface area contributed by atoms with Crippen LogP contribution in [-0.2, 0) is 8.85 Å². The minimum atomic E-state index is -2.83. The maximum Gasteiger partial charge on any atom is 0.407 e. The second kappa shape index (κ2) is 8.35. The summed E-state index contributed by atoms with van der Waals surface area (Å²) >= 11 is 0. The van der Waals surface area contributed by atoms with Gasteiger partial charge in [0.15, 0.2) is 0 Å². The molecule has 1 saturated heterocycles. The quantitative estimate of drug-likeness (QED) is 0.781. The van der Waals surface area contributed by atoms with E-state index in [0.717, 1.165) is 25.7 Å². The standard InChI is InChI=1S/C25H34O3Si/c1-19-11-10-16-23(25(2,3)26)22-17-18-27-29(28-24(19)22,20-12-6-4-7-13-20)21-14-8-5-9-15-21/h4-9,12-15,19,22-24,26H,10-11,16-18H2,1-3H3/t19-,22-,23-,24-/m1/s1. The van der Waals surface area contributed by atoms with Crippen molar-refractivity contribution in [3.05, 3.63) is 60.7 Å². The molecule has 2 aromatic carbocycles. The van der Waals surface area contributed by atoms with Crippen LogP contribution in [0.25, 0.3) is 0 Å². The third-order valence-corrected chi connectivity index (χ3v) is 10.3. The summed E-state index contributed by atoms with van der Waals surface area (Å²) < 4.78 is 13.9. The molecule has 1 saturated carbocycles. The molecule has 156 valence electrons. The van der Waals surface area contributed by atoms with Crippen LogP contribution in [0.3, 0.4) is 0 Å². The average Bonchev–Trinajstić information content (AvgIpc) is 3.01. The molecule has 0 spiro atoms. The zero-order valence-electron chi connectivity index (χ0n) is 17.9. The molecule has 4 rings (SSSR count). The molecule has 1 aliphatic carbocycles. The van der Waals surface area contributed by atoms with Crippen LogP contribution in [0, 0.1) is 17.8 Å². The number of fused-ring (bicyclic) bond motifs is 1. The summed E-state index contributed by atoms with van der Waals surface area (Å²) in [5, 5.41) is 13.3. The van der Waals surface area contributed by atoms with Gasteiger partial charge >= 0.3 is 8.56 Å². The Hall–Kier alpha value is -1.46. The molecule has 0 bridgehead atoms. The van der Waals surface area contributed by atoms with Gasteiger partial charge < -0.3 is 14.0 Å². The number of hydrogen-bond acceptors (Lipinski definition) is 3. The van der Waals surface area contributed by atoms with Crippen LogP contribution in [0.4, 0.5) is 0 Å². The maximum absolute atomic E-state index is 11.0. The molecule has 0 unspecified atom stereocenters. The molecule has 4 atom stereocenters. The van der Waals surface area contributed by atoms with Gasteiger partial charge in [-0.15, -0.1) is 0 Å². The Morgan fingerprint density at radius 3 is 2.03 bits per heavy atom. The Bertz CT molecular complexity index is 747. The summed E-state index contributed by atoms with van der Waals surface area (Å²) in [6.07, 6.45) is 4.39. The predicted molar refractivity (Wildman–Crippen MR) is 120 cm³/mol. The van der Waals surface area contributed by atoms with Crippen molar-refractivity contribution in [1.82, 2.24) is 0 Å². The molecule has 1 N–H and O–H groups in total. The smallest absolute Gasteiger partial charge is 0.390 e. The summed E-state index contributed by atoms with van der Waals surface area (Å²) in [6, 6.07) is 21.1. The van der Waals surface area contributed by atoms with E-state index in [1.165, 1.54) is 10.4 Å². The lowest BCUT2D eigenvalue weighted by molar-refractivity contribution is -0.0463. The summed E-state index contributed by atoms with van der Waals surface area (Å²) in [6.45, 7) is 6.94. The van der Waals surface area contributed by atoms with Crippen LogP contribution in [0.1, 0.15) is 46.5 Å². The molecule has 0 radical (unpaired) electrons. The number of aliphatic hydroxyl groups is 1. The molecule has 0 aromatic heterocycles. The Morgan fingerprint density at radius 1 is 0.897 bits per heavy atom.